The lowest BCUT2D eigenvalue weighted by Crippen LogP contribution is -2.35. The van der Waals surface area contributed by atoms with Crippen LogP contribution in [-0.4, -0.2) is 14.4 Å². The molecule has 1 atom stereocenters. The van der Waals surface area contributed by atoms with E-state index in [0.29, 0.717) is 5.92 Å². The van der Waals surface area contributed by atoms with Crippen LogP contribution in [0, 0.1) is 17.8 Å². The van der Waals surface area contributed by atoms with Crippen molar-refractivity contribution in [2.45, 2.75) is 72.2 Å². The molecule has 0 aliphatic heterocycles. The summed E-state index contributed by atoms with van der Waals surface area (Å²) in [6, 6.07) is 1.23. The van der Waals surface area contributed by atoms with Crippen molar-refractivity contribution in [2.75, 3.05) is 0 Å². The van der Waals surface area contributed by atoms with Crippen LogP contribution in [0.4, 0.5) is 0 Å². The third kappa shape index (κ3) is 9.50. The van der Waals surface area contributed by atoms with Crippen molar-refractivity contribution >= 4 is 8.32 Å². The maximum atomic E-state index is 6.33. The molecule has 0 N–H and O–H groups in total. The topological polar surface area (TPSA) is 9.23 Å². The standard InChI is InChI=1S/C16H30OSi/c1-8-9-12-18(6,7)17-16(13-15(4)5)11-10-14(2)3/h15-16H,2,8-9,12-13H2,1,3-7H3. The zero-order chi connectivity index (χ0) is 14.2. The van der Waals surface area contributed by atoms with Crippen LogP contribution in [0.1, 0.15) is 47.0 Å². The molecule has 0 fully saturated rings. The first-order valence-corrected chi connectivity index (χ1v) is 10.2. The van der Waals surface area contributed by atoms with Gasteiger partial charge in [0.2, 0.25) is 0 Å². The lowest BCUT2D eigenvalue weighted by Gasteiger charge is -2.27. The van der Waals surface area contributed by atoms with Crippen molar-refractivity contribution in [3.05, 3.63) is 12.2 Å². The zero-order valence-corrected chi connectivity index (χ0v) is 14.1. The number of allylic oxidation sites excluding steroid dienone is 1. The first-order chi connectivity index (χ1) is 8.26. The predicted molar refractivity (Wildman–Crippen MR) is 84.1 cm³/mol. The molecule has 0 aliphatic carbocycles. The fourth-order valence-electron chi connectivity index (χ4n) is 1.81. The van der Waals surface area contributed by atoms with E-state index >= 15 is 0 Å². The second-order valence-corrected chi connectivity index (χ2v) is 10.4. The number of rotatable bonds is 7. The summed E-state index contributed by atoms with van der Waals surface area (Å²) in [5.74, 6) is 6.94. The number of hydrogen-bond donors (Lipinski definition) is 0. The molecule has 0 aromatic carbocycles. The van der Waals surface area contributed by atoms with Crippen LogP contribution in [0.3, 0.4) is 0 Å². The van der Waals surface area contributed by atoms with Gasteiger partial charge >= 0.3 is 0 Å². The summed E-state index contributed by atoms with van der Waals surface area (Å²) in [6.45, 7) is 17.1. The fourth-order valence-corrected chi connectivity index (χ4v) is 4.06. The molecule has 104 valence electrons. The van der Waals surface area contributed by atoms with Gasteiger partial charge in [0.15, 0.2) is 8.32 Å². The third-order valence-corrected chi connectivity index (χ3v) is 5.21. The van der Waals surface area contributed by atoms with E-state index < -0.39 is 8.32 Å². The van der Waals surface area contributed by atoms with Crippen molar-refractivity contribution < 1.29 is 4.43 Å². The van der Waals surface area contributed by atoms with Crippen molar-refractivity contribution in [3.8, 4) is 11.8 Å². The molecule has 0 rings (SSSR count). The second-order valence-electron chi connectivity index (χ2n) is 6.15. The van der Waals surface area contributed by atoms with Gasteiger partial charge < -0.3 is 4.43 Å². The summed E-state index contributed by atoms with van der Waals surface area (Å²) < 4.78 is 6.33. The molecule has 0 aliphatic rings. The van der Waals surface area contributed by atoms with Gasteiger partial charge in [0.05, 0.1) is 0 Å². The Hall–Kier alpha value is -0.523. The second kappa shape index (κ2) is 8.56. The van der Waals surface area contributed by atoms with Crippen molar-refractivity contribution in [1.82, 2.24) is 0 Å². The van der Waals surface area contributed by atoms with Crippen LogP contribution in [0.15, 0.2) is 12.2 Å². The molecule has 0 saturated heterocycles. The first kappa shape index (κ1) is 17.5. The normalized spacial score (nSPS) is 13.1. The molecule has 0 bridgehead atoms. The van der Waals surface area contributed by atoms with Crippen molar-refractivity contribution in [2.24, 2.45) is 5.92 Å². The van der Waals surface area contributed by atoms with Gasteiger partial charge in [-0.15, -0.1) is 0 Å². The van der Waals surface area contributed by atoms with Gasteiger partial charge in [-0.2, -0.15) is 0 Å². The maximum absolute atomic E-state index is 6.33. The maximum Gasteiger partial charge on any atom is 0.188 e. The highest BCUT2D eigenvalue weighted by Crippen LogP contribution is 2.20. The lowest BCUT2D eigenvalue weighted by atomic mass is 10.1. The Morgan fingerprint density at radius 1 is 1.33 bits per heavy atom. The minimum Gasteiger partial charge on any atom is -0.404 e. The molecule has 0 radical (unpaired) electrons. The van der Waals surface area contributed by atoms with E-state index in [1.54, 1.807) is 0 Å². The van der Waals surface area contributed by atoms with Gasteiger partial charge in [-0.25, -0.2) is 0 Å². The molecule has 1 nitrogen and oxygen atoms in total. The average molecular weight is 267 g/mol. The van der Waals surface area contributed by atoms with E-state index in [9.17, 15) is 0 Å². The third-order valence-electron chi connectivity index (χ3n) is 2.73. The molecule has 2 heteroatoms. The van der Waals surface area contributed by atoms with Crippen LogP contribution in [0.5, 0.6) is 0 Å². The van der Waals surface area contributed by atoms with Gasteiger partial charge in [0.1, 0.15) is 6.10 Å². The minimum atomic E-state index is -1.56. The van der Waals surface area contributed by atoms with Crippen LogP contribution in [-0.2, 0) is 4.43 Å². The molecule has 0 spiro atoms. The quantitative estimate of drug-likeness (QED) is 0.465. The molecule has 0 saturated carbocycles. The summed E-state index contributed by atoms with van der Waals surface area (Å²) >= 11 is 0. The highest BCUT2D eigenvalue weighted by molar-refractivity contribution is 6.71. The molecule has 0 aromatic rings. The Balaban J connectivity index is 4.58. The van der Waals surface area contributed by atoms with Gasteiger partial charge in [0.25, 0.3) is 0 Å². The summed E-state index contributed by atoms with van der Waals surface area (Å²) in [5.41, 5.74) is 0.917. The van der Waals surface area contributed by atoms with E-state index in [-0.39, 0.29) is 6.10 Å². The summed E-state index contributed by atoms with van der Waals surface area (Å²) in [4.78, 5) is 0. The smallest absolute Gasteiger partial charge is 0.188 e. The van der Waals surface area contributed by atoms with E-state index in [2.05, 4.69) is 52.3 Å². The Kier molecular flexibility index (Phi) is 8.31. The molecule has 0 heterocycles. The van der Waals surface area contributed by atoms with E-state index in [1.807, 2.05) is 6.92 Å². The lowest BCUT2D eigenvalue weighted by molar-refractivity contribution is 0.218. The van der Waals surface area contributed by atoms with E-state index in [1.165, 1.54) is 18.9 Å². The molecular formula is C16H30OSi. The highest BCUT2D eigenvalue weighted by Gasteiger charge is 2.25. The van der Waals surface area contributed by atoms with E-state index in [0.717, 1.165) is 12.0 Å². The zero-order valence-electron chi connectivity index (χ0n) is 13.1. The Morgan fingerprint density at radius 3 is 2.39 bits per heavy atom. The summed E-state index contributed by atoms with van der Waals surface area (Å²) in [7, 11) is -1.56. The van der Waals surface area contributed by atoms with Gasteiger partial charge in [-0.05, 0) is 44.0 Å². The van der Waals surface area contributed by atoms with Crippen LogP contribution in [0.2, 0.25) is 19.1 Å². The van der Waals surface area contributed by atoms with E-state index in [4.69, 9.17) is 4.43 Å². The molecule has 18 heavy (non-hydrogen) atoms. The highest BCUT2D eigenvalue weighted by atomic mass is 28.4. The largest absolute Gasteiger partial charge is 0.404 e. The summed E-state index contributed by atoms with van der Waals surface area (Å²) in [5, 5.41) is 0. The first-order valence-electron chi connectivity index (χ1n) is 7.11. The SMILES string of the molecule is C=C(C)C#CC(CC(C)C)O[Si](C)(C)CCCC. The van der Waals surface area contributed by atoms with Crippen molar-refractivity contribution in [1.29, 1.82) is 0 Å². The summed E-state index contributed by atoms with van der Waals surface area (Å²) in [6.07, 6.45) is 3.61. The van der Waals surface area contributed by atoms with Crippen molar-refractivity contribution in [3.63, 3.8) is 0 Å². The minimum absolute atomic E-state index is 0.0835. The molecule has 1 unspecified atom stereocenters. The molecular weight excluding hydrogens is 236 g/mol. The number of unbranched alkanes of at least 4 members (excludes halogenated alkanes) is 1. The fraction of sp³-hybridized carbons (Fsp3) is 0.750. The Morgan fingerprint density at radius 2 is 1.94 bits per heavy atom. The predicted octanol–water partition coefficient (Wildman–Crippen LogP) is 5.00. The van der Waals surface area contributed by atoms with Crippen LogP contribution >= 0.6 is 0 Å². The van der Waals surface area contributed by atoms with Crippen LogP contribution in [0.25, 0.3) is 0 Å². The van der Waals surface area contributed by atoms with Crippen LogP contribution < -0.4 is 0 Å². The molecule has 0 amide bonds. The monoisotopic (exact) mass is 266 g/mol. The Bertz CT molecular complexity index is 307. The van der Waals surface area contributed by atoms with Gasteiger partial charge in [-0.1, -0.05) is 52.0 Å². The number of hydrogen-bond acceptors (Lipinski definition) is 1. The van der Waals surface area contributed by atoms with Gasteiger partial charge in [0, 0.05) is 0 Å². The Labute approximate surface area is 115 Å². The molecule has 0 aromatic heterocycles. The average Bonchev–Trinajstić information content (AvgIpc) is 2.22. The van der Waals surface area contributed by atoms with Gasteiger partial charge in [-0.3, -0.25) is 0 Å².